The van der Waals surface area contributed by atoms with Crippen molar-refractivity contribution in [2.75, 3.05) is 7.11 Å². The van der Waals surface area contributed by atoms with Crippen LogP contribution in [-0.2, 0) is 6.54 Å². The summed E-state index contributed by atoms with van der Waals surface area (Å²) in [5, 5.41) is 2.26. The van der Waals surface area contributed by atoms with Crippen molar-refractivity contribution in [3.8, 4) is 5.75 Å². The molecule has 4 nitrogen and oxygen atoms in total. The third-order valence-corrected chi connectivity index (χ3v) is 3.83. The van der Waals surface area contributed by atoms with Gasteiger partial charge in [0.1, 0.15) is 11.6 Å². The maximum Gasteiger partial charge on any atom is 0.130 e. The van der Waals surface area contributed by atoms with E-state index in [1.807, 2.05) is 24.4 Å². The van der Waals surface area contributed by atoms with Crippen LogP contribution in [0.25, 0.3) is 10.8 Å². The van der Waals surface area contributed by atoms with Crippen LogP contribution in [0.1, 0.15) is 24.4 Å². The number of rotatable bonds is 4. The fourth-order valence-electron chi connectivity index (χ4n) is 2.77. The molecular weight excluding hydrogens is 262 g/mol. The molecule has 0 aliphatic carbocycles. The zero-order valence-electron chi connectivity index (χ0n) is 12.3. The number of ether oxygens (including phenoxy) is 1. The number of benzene rings is 2. The Morgan fingerprint density at radius 1 is 1.24 bits per heavy atom. The van der Waals surface area contributed by atoms with Crippen LogP contribution in [0.5, 0.6) is 5.75 Å². The van der Waals surface area contributed by atoms with E-state index in [9.17, 15) is 0 Å². The van der Waals surface area contributed by atoms with Gasteiger partial charge in [0, 0.05) is 24.5 Å². The average molecular weight is 281 g/mol. The predicted octanol–water partition coefficient (Wildman–Crippen LogP) is 3.11. The van der Waals surface area contributed by atoms with Crippen LogP contribution in [0.2, 0.25) is 0 Å². The summed E-state index contributed by atoms with van der Waals surface area (Å²) in [6.07, 6.45) is 3.74. The lowest BCUT2D eigenvalue weighted by atomic mass is 9.97. The van der Waals surface area contributed by atoms with Crippen molar-refractivity contribution < 1.29 is 4.74 Å². The Labute approximate surface area is 124 Å². The van der Waals surface area contributed by atoms with Crippen molar-refractivity contribution in [1.82, 2.24) is 9.55 Å². The molecule has 0 aliphatic heterocycles. The number of hydrogen-bond donors (Lipinski definition) is 1. The number of hydrogen-bond acceptors (Lipinski definition) is 3. The molecule has 1 aromatic heterocycles. The molecule has 0 saturated heterocycles. The van der Waals surface area contributed by atoms with Gasteiger partial charge in [-0.15, -0.1) is 0 Å². The standard InChI is InChI=1S/C17H19N3O/c1-3-20-11-10-19-17(20)16(18)15-13-7-5-4-6-12(13)8-9-14(15)21-2/h4-11,16H,3,18H2,1-2H3. The first-order chi connectivity index (χ1) is 10.3. The SMILES string of the molecule is CCn1ccnc1C(N)c1c(OC)ccc2ccccc12. The fourth-order valence-corrected chi connectivity index (χ4v) is 2.77. The van der Waals surface area contributed by atoms with Gasteiger partial charge in [0.25, 0.3) is 0 Å². The lowest BCUT2D eigenvalue weighted by Gasteiger charge is -2.19. The molecule has 0 fully saturated rings. The van der Waals surface area contributed by atoms with Gasteiger partial charge < -0.3 is 15.0 Å². The third-order valence-electron chi connectivity index (χ3n) is 3.83. The Hall–Kier alpha value is -2.33. The molecule has 1 heterocycles. The van der Waals surface area contributed by atoms with E-state index in [-0.39, 0.29) is 6.04 Å². The second-order valence-electron chi connectivity index (χ2n) is 4.95. The van der Waals surface area contributed by atoms with Crippen LogP contribution in [0.3, 0.4) is 0 Å². The second kappa shape index (κ2) is 5.58. The summed E-state index contributed by atoms with van der Waals surface area (Å²) in [6, 6.07) is 11.9. The van der Waals surface area contributed by atoms with Gasteiger partial charge in [0.2, 0.25) is 0 Å². The van der Waals surface area contributed by atoms with Gasteiger partial charge in [-0.05, 0) is 23.8 Å². The normalized spacial score (nSPS) is 12.5. The number of nitrogens with two attached hydrogens (primary N) is 1. The number of methoxy groups -OCH3 is 1. The highest BCUT2D eigenvalue weighted by atomic mass is 16.5. The van der Waals surface area contributed by atoms with Crippen LogP contribution in [0.4, 0.5) is 0 Å². The molecule has 0 amide bonds. The monoisotopic (exact) mass is 281 g/mol. The lowest BCUT2D eigenvalue weighted by Crippen LogP contribution is -2.18. The molecule has 0 bridgehead atoms. The highest BCUT2D eigenvalue weighted by Gasteiger charge is 2.20. The topological polar surface area (TPSA) is 53.1 Å². The molecule has 0 spiro atoms. The summed E-state index contributed by atoms with van der Waals surface area (Å²) in [5.41, 5.74) is 7.50. The second-order valence-corrected chi connectivity index (χ2v) is 4.95. The minimum Gasteiger partial charge on any atom is -0.496 e. The zero-order valence-corrected chi connectivity index (χ0v) is 12.3. The van der Waals surface area contributed by atoms with Gasteiger partial charge in [0.15, 0.2) is 0 Å². The maximum atomic E-state index is 6.52. The summed E-state index contributed by atoms with van der Waals surface area (Å²) >= 11 is 0. The van der Waals surface area contributed by atoms with Gasteiger partial charge in [-0.3, -0.25) is 0 Å². The fraction of sp³-hybridized carbons (Fsp3) is 0.235. The summed E-state index contributed by atoms with van der Waals surface area (Å²) in [5.74, 6) is 1.65. The molecule has 2 N–H and O–H groups in total. The molecule has 1 atom stereocenters. The van der Waals surface area contributed by atoms with E-state index in [0.717, 1.165) is 34.5 Å². The van der Waals surface area contributed by atoms with Crippen LogP contribution >= 0.6 is 0 Å². The van der Waals surface area contributed by atoms with Crippen molar-refractivity contribution in [2.24, 2.45) is 5.73 Å². The van der Waals surface area contributed by atoms with Crippen LogP contribution < -0.4 is 10.5 Å². The van der Waals surface area contributed by atoms with Crippen molar-refractivity contribution in [3.63, 3.8) is 0 Å². The van der Waals surface area contributed by atoms with E-state index in [4.69, 9.17) is 10.5 Å². The largest absolute Gasteiger partial charge is 0.496 e. The first-order valence-corrected chi connectivity index (χ1v) is 7.08. The lowest BCUT2D eigenvalue weighted by molar-refractivity contribution is 0.408. The highest BCUT2D eigenvalue weighted by Crippen LogP contribution is 2.34. The van der Waals surface area contributed by atoms with Crippen molar-refractivity contribution >= 4 is 10.8 Å². The molecule has 2 aromatic carbocycles. The maximum absolute atomic E-state index is 6.52. The molecule has 3 aromatic rings. The van der Waals surface area contributed by atoms with Gasteiger partial charge in [0.05, 0.1) is 13.2 Å². The first kappa shape index (κ1) is 13.6. The zero-order chi connectivity index (χ0) is 14.8. The molecule has 108 valence electrons. The minimum atomic E-state index is -0.319. The Morgan fingerprint density at radius 3 is 2.81 bits per heavy atom. The third kappa shape index (κ3) is 2.28. The number of aromatic nitrogens is 2. The van der Waals surface area contributed by atoms with E-state index < -0.39 is 0 Å². The Bertz CT molecular complexity index is 764. The molecule has 21 heavy (non-hydrogen) atoms. The van der Waals surface area contributed by atoms with Crippen molar-refractivity contribution in [2.45, 2.75) is 19.5 Å². The van der Waals surface area contributed by atoms with Crippen molar-refractivity contribution in [1.29, 1.82) is 0 Å². The Morgan fingerprint density at radius 2 is 2.05 bits per heavy atom. The van der Waals surface area contributed by atoms with Crippen LogP contribution in [0.15, 0.2) is 48.8 Å². The van der Waals surface area contributed by atoms with Gasteiger partial charge in [-0.2, -0.15) is 0 Å². The summed E-state index contributed by atoms with van der Waals surface area (Å²) in [7, 11) is 1.67. The van der Waals surface area contributed by atoms with Gasteiger partial charge >= 0.3 is 0 Å². The Balaban J connectivity index is 2.22. The summed E-state index contributed by atoms with van der Waals surface area (Å²) in [6.45, 7) is 2.92. The molecule has 3 rings (SSSR count). The van der Waals surface area contributed by atoms with E-state index in [1.165, 1.54) is 0 Å². The molecule has 1 unspecified atom stereocenters. The Kier molecular flexibility index (Phi) is 3.62. The molecule has 0 radical (unpaired) electrons. The van der Waals surface area contributed by atoms with Gasteiger partial charge in [-0.25, -0.2) is 4.98 Å². The quantitative estimate of drug-likeness (QED) is 0.799. The minimum absolute atomic E-state index is 0.319. The summed E-state index contributed by atoms with van der Waals surface area (Å²) < 4.78 is 7.59. The number of fused-ring (bicyclic) bond motifs is 1. The molecule has 0 saturated carbocycles. The van der Waals surface area contributed by atoms with Crippen LogP contribution in [0, 0.1) is 0 Å². The highest BCUT2D eigenvalue weighted by molar-refractivity contribution is 5.88. The summed E-state index contributed by atoms with van der Waals surface area (Å²) in [4.78, 5) is 4.43. The number of aryl methyl sites for hydroxylation is 1. The van der Waals surface area contributed by atoms with E-state index in [0.29, 0.717) is 0 Å². The smallest absolute Gasteiger partial charge is 0.130 e. The van der Waals surface area contributed by atoms with E-state index in [1.54, 1.807) is 13.3 Å². The molecule has 0 aliphatic rings. The van der Waals surface area contributed by atoms with E-state index in [2.05, 4.69) is 34.7 Å². The van der Waals surface area contributed by atoms with Gasteiger partial charge in [-0.1, -0.05) is 30.3 Å². The first-order valence-electron chi connectivity index (χ1n) is 7.08. The van der Waals surface area contributed by atoms with Crippen LogP contribution in [-0.4, -0.2) is 16.7 Å². The molecular formula is C17H19N3O. The predicted molar refractivity (Wildman–Crippen MR) is 84.4 cm³/mol. The van der Waals surface area contributed by atoms with Crippen molar-refractivity contribution in [3.05, 3.63) is 60.2 Å². The number of nitrogens with zero attached hydrogens (tertiary/aromatic N) is 2. The molecule has 4 heteroatoms. The average Bonchev–Trinajstić information content (AvgIpc) is 3.01. The van der Waals surface area contributed by atoms with E-state index >= 15 is 0 Å². The number of imidazole rings is 1.